The quantitative estimate of drug-likeness (QED) is 0.447. The maximum absolute atomic E-state index is 12.9. The van der Waals surface area contributed by atoms with Crippen LogP contribution < -0.4 is 0 Å². The molecule has 138 valence electrons. The Kier molecular flexibility index (Phi) is 5.68. The molecule has 0 spiro atoms. The third-order valence-electron chi connectivity index (χ3n) is 3.71. The maximum Gasteiger partial charge on any atom is 0.276 e. The molecule has 0 saturated carbocycles. The van der Waals surface area contributed by atoms with E-state index in [1.165, 1.54) is 17.8 Å². The minimum Gasteiger partial charge on any atom is -0.292 e. The Hall–Kier alpha value is -2.97. The summed E-state index contributed by atoms with van der Waals surface area (Å²) in [6.45, 7) is 0.367. The van der Waals surface area contributed by atoms with Crippen molar-refractivity contribution < 1.29 is 9.72 Å². The van der Waals surface area contributed by atoms with E-state index in [9.17, 15) is 14.9 Å². The van der Waals surface area contributed by atoms with Crippen molar-refractivity contribution in [1.29, 1.82) is 0 Å². The van der Waals surface area contributed by atoms with Gasteiger partial charge in [-0.3, -0.25) is 24.7 Å². The second kappa shape index (κ2) is 8.15. The van der Waals surface area contributed by atoms with Crippen LogP contribution >= 0.6 is 11.8 Å². The van der Waals surface area contributed by atoms with Gasteiger partial charge >= 0.3 is 0 Å². The number of carbonyl (C=O) groups excluding carboxylic acids is 1. The Morgan fingerprint density at radius 2 is 1.81 bits per heavy atom. The predicted octanol–water partition coefficient (Wildman–Crippen LogP) is 3.72. The molecule has 0 bridgehead atoms. The Morgan fingerprint density at radius 1 is 1.15 bits per heavy atom. The molecule has 0 N–H and O–H groups in total. The van der Waals surface area contributed by atoms with E-state index in [0.717, 1.165) is 5.69 Å². The fourth-order valence-corrected chi connectivity index (χ4v) is 3.51. The van der Waals surface area contributed by atoms with Crippen LogP contribution in [-0.2, 0) is 4.79 Å². The second-order valence-electron chi connectivity index (χ2n) is 6.11. The van der Waals surface area contributed by atoms with Crippen molar-refractivity contribution in [1.82, 2.24) is 9.80 Å². The molecule has 0 unspecified atom stereocenters. The lowest BCUT2D eigenvalue weighted by Crippen LogP contribution is -2.37. The first-order chi connectivity index (χ1) is 13.0. The molecule has 27 heavy (non-hydrogen) atoms. The highest BCUT2D eigenvalue weighted by atomic mass is 32.2. The minimum atomic E-state index is -0.451. The number of aliphatic imine (C=N–C) groups is 1. The Morgan fingerprint density at radius 3 is 2.48 bits per heavy atom. The average Bonchev–Trinajstić information content (AvgIpc) is 2.91. The Labute approximate surface area is 161 Å². The molecule has 3 rings (SSSR count). The Balaban J connectivity index is 2.00. The number of carbonyl (C=O) groups is 1. The number of thioether (sulfide) groups is 1. The van der Waals surface area contributed by atoms with Gasteiger partial charge < -0.3 is 0 Å². The van der Waals surface area contributed by atoms with Gasteiger partial charge in [-0.2, -0.15) is 0 Å². The number of nitro benzene ring substituents is 1. The summed E-state index contributed by atoms with van der Waals surface area (Å²) in [6, 6.07) is 15.7. The van der Waals surface area contributed by atoms with Gasteiger partial charge in [0.15, 0.2) is 5.17 Å². The average molecular weight is 382 g/mol. The largest absolute Gasteiger partial charge is 0.292 e. The summed E-state index contributed by atoms with van der Waals surface area (Å²) in [5, 5.41) is 11.8. The van der Waals surface area contributed by atoms with E-state index in [4.69, 9.17) is 0 Å². The monoisotopic (exact) mass is 382 g/mol. The van der Waals surface area contributed by atoms with Crippen LogP contribution in [0.25, 0.3) is 6.08 Å². The van der Waals surface area contributed by atoms with Gasteiger partial charge in [-0.15, -0.1) is 0 Å². The SMILES string of the molecule is CN(C)CN1C(=O)/C(=C/c2ccccc2[N+](=O)[O-])SC1=Nc1ccccc1. The molecule has 0 atom stereocenters. The Bertz CT molecular complexity index is 926. The number of hydrogen-bond donors (Lipinski definition) is 0. The van der Waals surface area contributed by atoms with Crippen LogP contribution in [0.3, 0.4) is 0 Å². The number of nitrogens with zero attached hydrogens (tertiary/aromatic N) is 4. The molecule has 8 heteroatoms. The van der Waals surface area contributed by atoms with E-state index in [1.54, 1.807) is 29.2 Å². The van der Waals surface area contributed by atoms with Crippen molar-refractivity contribution in [2.45, 2.75) is 0 Å². The first-order valence-corrected chi connectivity index (χ1v) is 9.00. The molecule has 1 aliphatic heterocycles. The molecule has 0 radical (unpaired) electrons. The maximum atomic E-state index is 12.9. The normalized spacial score (nSPS) is 17.3. The lowest BCUT2D eigenvalue weighted by Gasteiger charge is -2.20. The van der Waals surface area contributed by atoms with Crippen molar-refractivity contribution in [3.8, 4) is 0 Å². The molecule has 1 aliphatic rings. The van der Waals surface area contributed by atoms with Gasteiger partial charge in [0.25, 0.3) is 11.6 Å². The van der Waals surface area contributed by atoms with E-state index >= 15 is 0 Å². The molecule has 7 nitrogen and oxygen atoms in total. The summed E-state index contributed by atoms with van der Waals surface area (Å²) in [6.07, 6.45) is 1.56. The van der Waals surface area contributed by atoms with Gasteiger partial charge in [0.1, 0.15) is 0 Å². The van der Waals surface area contributed by atoms with Crippen LogP contribution in [-0.4, -0.2) is 46.6 Å². The molecular weight excluding hydrogens is 364 g/mol. The van der Waals surface area contributed by atoms with Crippen LogP contribution in [0.1, 0.15) is 5.56 Å². The number of benzene rings is 2. The fraction of sp³-hybridized carbons (Fsp3) is 0.158. The van der Waals surface area contributed by atoms with Gasteiger partial charge in [0.2, 0.25) is 0 Å². The summed E-state index contributed by atoms with van der Waals surface area (Å²) in [5.41, 5.74) is 1.10. The summed E-state index contributed by atoms with van der Waals surface area (Å²) in [5.74, 6) is -0.221. The van der Waals surface area contributed by atoms with Crippen molar-refractivity contribution in [3.05, 3.63) is 75.2 Å². The third kappa shape index (κ3) is 4.42. The lowest BCUT2D eigenvalue weighted by atomic mass is 10.1. The van der Waals surface area contributed by atoms with E-state index in [0.29, 0.717) is 22.3 Å². The molecule has 1 saturated heterocycles. The standard InChI is InChI=1S/C19H18N4O3S/c1-21(2)13-22-18(24)17(12-14-8-6-7-11-16(14)23(25)26)27-19(22)20-15-9-4-3-5-10-15/h3-12H,13H2,1-2H3/b17-12-,20-19?. The lowest BCUT2D eigenvalue weighted by molar-refractivity contribution is -0.385. The number of rotatable bonds is 5. The highest BCUT2D eigenvalue weighted by Crippen LogP contribution is 2.35. The van der Waals surface area contributed by atoms with Crippen LogP contribution in [0, 0.1) is 10.1 Å². The molecule has 2 aromatic rings. The summed E-state index contributed by atoms with van der Waals surface area (Å²) in [7, 11) is 3.73. The first kappa shape index (κ1) is 18.8. The van der Waals surface area contributed by atoms with Crippen LogP contribution in [0.15, 0.2) is 64.5 Å². The summed E-state index contributed by atoms with van der Waals surface area (Å²) >= 11 is 1.22. The number of para-hydroxylation sites is 2. The highest BCUT2D eigenvalue weighted by molar-refractivity contribution is 8.18. The smallest absolute Gasteiger partial charge is 0.276 e. The van der Waals surface area contributed by atoms with E-state index < -0.39 is 4.92 Å². The third-order valence-corrected chi connectivity index (χ3v) is 4.72. The van der Waals surface area contributed by atoms with E-state index in [2.05, 4.69) is 4.99 Å². The van der Waals surface area contributed by atoms with Gasteiger partial charge in [-0.25, -0.2) is 4.99 Å². The zero-order valence-electron chi connectivity index (χ0n) is 14.9. The van der Waals surface area contributed by atoms with Crippen molar-refractivity contribution in [2.24, 2.45) is 4.99 Å². The zero-order valence-corrected chi connectivity index (χ0v) is 15.7. The van der Waals surface area contributed by atoms with Crippen LogP contribution in [0.4, 0.5) is 11.4 Å². The number of nitro groups is 1. The predicted molar refractivity (Wildman–Crippen MR) is 108 cm³/mol. The van der Waals surface area contributed by atoms with E-state index in [1.807, 2.05) is 49.3 Å². The molecule has 0 aliphatic carbocycles. The summed E-state index contributed by atoms with van der Waals surface area (Å²) < 4.78 is 0. The topological polar surface area (TPSA) is 79.0 Å². The minimum absolute atomic E-state index is 0.0361. The fourth-order valence-electron chi connectivity index (χ4n) is 2.53. The highest BCUT2D eigenvalue weighted by Gasteiger charge is 2.34. The number of hydrogen-bond acceptors (Lipinski definition) is 6. The summed E-state index contributed by atoms with van der Waals surface area (Å²) in [4.78, 5) is 32.1. The molecular formula is C19H18N4O3S. The van der Waals surface area contributed by atoms with Gasteiger partial charge in [0.05, 0.1) is 27.7 Å². The molecule has 2 aromatic carbocycles. The zero-order chi connectivity index (χ0) is 19.4. The van der Waals surface area contributed by atoms with Gasteiger partial charge in [-0.1, -0.05) is 30.3 Å². The van der Waals surface area contributed by atoms with E-state index in [-0.39, 0.29) is 11.6 Å². The van der Waals surface area contributed by atoms with Crippen molar-refractivity contribution in [3.63, 3.8) is 0 Å². The molecule has 1 heterocycles. The van der Waals surface area contributed by atoms with Crippen molar-refractivity contribution in [2.75, 3.05) is 20.8 Å². The van der Waals surface area contributed by atoms with Crippen molar-refractivity contribution >= 4 is 40.3 Å². The van der Waals surface area contributed by atoms with Gasteiger partial charge in [0, 0.05) is 6.07 Å². The number of amides is 1. The first-order valence-electron chi connectivity index (χ1n) is 8.19. The number of amidine groups is 1. The van der Waals surface area contributed by atoms with Crippen LogP contribution in [0.2, 0.25) is 0 Å². The van der Waals surface area contributed by atoms with Gasteiger partial charge in [-0.05, 0) is 50.1 Å². The van der Waals surface area contributed by atoms with Crippen LogP contribution in [0.5, 0.6) is 0 Å². The molecule has 1 fully saturated rings. The second-order valence-corrected chi connectivity index (χ2v) is 7.12. The molecule has 0 aromatic heterocycles. The molecule has 1 amide bonds.